The van der Waals surface area contributed by atoms with Crippen molar-refractivity contribution in [3.05, 3.63) is 76.4 Å². The minimum absolute atomic E-state index is 0.236. The molecule has 2 aromatic rings. The van der Waals surface area contributed by atoms with Crippen molar-refractivity contribution in [1.29, 1.82) is 0 Å². The van der Waals surface area contributed by atoms with Crippen LogP contribution in [0.3, 0.4) is 0 Å². The van der Waals surface area contributed by atoms with Gasteiger partial charge in [0, 0.05) is 18.9 Å². The van der Waals surface area contributed by atoms with Crippen LogP contribution in [0.15, 0.2) is 54.1 Å². The Labute approximate surface area is 170 Å². The summed E-state index contributed by atoms with van der Waals surface area (Å²) in [5.41, 5.74) is 5.37. The molecule has 2 unspecified atom stereocenters. The third-order valence-corrected chi connectivity index (χ3v) is 6.17. The maximum Gasteiger partial charge on any atom is 0.0940 e. The summed E-state index contributed by atoms with van der Waals surface area (Å²) >= 11 is 0. The van der Waals surface area contributed by atoms with E-state index in [1.54, 1.807) is 0 Å². The lowest BCUT2D eigenvalue weighted by atomic mass is 9.74. The molecule has 2 heteroatoms. The minimum atomic E-state index is -0.810. The summed E-state index contributed by atoms with van der Waals surface area (Å²) in [6.07, 6.45) is 7.32. The Morgan fingerprint density at radius 2 is 1.82 bits per heavy atom. The molecule has 1 aliphatic carbocycles. The summed E-state index contributed by atoms with van der Waals surface area (Å²) in [6, 6.07) is 17.1. The highest BCUT2D eigenvalue weighted by atomic mass is 16.3. The Balaban J connectivity index is 2.07. The molecule has 0 heterocycles. The highest BCUT2D eigenvalue weighted by Gasteiger charge is 2.41. The van der Waals surface area contributed by atoms with Crippen LogP contribution in [0.2, 0.25) is 0 Å². The second kappa shape index (κ2) is 9.07. The van der Waals surface area contributed by atoms with Gasteiger partial charge in [-0.1, -0.05) is 66.6 Å². The van der Waals surface area contributed by atoms with Gasteiger partial charge in [0.2, 0.25) is 0 Å². The van der Waals surface area contributed by atoms with Crippen molar-refractivity contribution in [1.82, 2.24) is 4.90 Å². The molecule has 1 aliphatic rings. The Bertz CT molecular complexity index is 808. The second-order valence-corrected chi connectivity index (χ2v) is 8.82. The predicted molar refractivity (Wildman–Crippen MR) is 120 cm³/mol. The molecule has 1 fully saturated rings. The first kappa shape index (κ1) is 20.8. The van der Waals surface area contributed by atoms with E-state index in [1.807, 2.05) is 6.07 Å². The highest BCUT2D eigenvalue weighted by molar-refractivity contribution is 5.56. The van der Waals surface area contributed by atoms with Gasteiger partial charge in [-0.2, -0.15) is 0 Å². The normalized spacial score (nSPS) is 24.5. The van der Waals surface area contributed by atoms with Gasteiger partial charge in [-0.25, -0.2) is 0 Å². The summed E-state index contributed by atoms with van der Waals surface area (Å²) < 4.78 is 0. The van der Waals surface area contributed by atoms with Crippen LogP contribution in [-0.4, -0.2) is 36.2 Å². The zero-order valence-electron chi connectivity index (χ0n) is 17.9. The quantitative estimate of drug-likeness (QED) is 0.704. The summed E-state index contributed by atoms with van der Waals surface area (Å²) in [4.78, 5) is 2.23. The van der Waals surface area contributed by atoms with Crippen molar-refractivity contribution in [3.8, 4) is 0 Å². The number of nitrogens with zero attached hydrogens (tertiary/aromatic N) is 1. The topological polar surface area (TPSA) is 23.5 Å². The molecule has 2 aromatic carbocycles. The number of rotatable bonds is 5. The van der Waals surface area contributed by atoms with Crippen LogP contribution >= 0.6 is 0 Å². The fraction of sp³-hybridized carbons (Fsp3) is 0.462. The molecule has 2 atom stereocenters. The van der Waals surface area contributed by atoms with Gasteiger partial charge < -0.3 is 10.0 Å². The maximum absolute atomic E-state index is 12.3. The summed E-state index contributed by atoms with van der Waals surface area (Å²) in [5.74, 6) is 0.236. The molecule has 1 N–H and O–H groups in total. The van der Waals surface area contributed by atoms with Crippen LogP contribution in [0.25, 0.3) is 6.08 Å². The zero-order chi connectivity index (χ0) is 20.1. The number of aryl methyl sites for hydroxylation is 2. The Morgan fingerprint density at radius 3 is 2.54 bits per heavy atom. The molecule has 28 heavy (non-hydrogen) atoms. The number of aliphatic hydroxyl groups is 1. The fourth-order valence-corrected chi connectivity index (χ4v) is 4.59. The number of benzene rings is 2. The average Bonchev–Trinajstić information content (AvgIpc) is 2.79. The molecule has 150 valence electrons. The fourth-order valence-electron chi connectivity index (χ4n) is 4.59. The van der Waals surface area contributed by atoms with Crippen LogP contribution in [0.1, 0.15) is 47.9 Å². The first-order valence-electron chi connectivity index (χ1n) is 10.6. The summed E-state index contributed by atoms with van der Waals surface area (Å²) in [6.45, 7) is 5.21. The smallest absolute Gasteiger partial charge is 0.0940 e. The Hall–Kier alpha value is -1.90. The van der Waals surface area contributed by atoms with E-state index in [4.69, 9.17) is 0 Å². The van der Waals surface area contributed by atoms with Gasteiger partial charge in [0.05, 0.1) is 5.60 Å². The van der Waals surface area contributed by atoms with Gasteiger partial charge in [0.25, 0.3) is 0 Å². The highest BCUT2D eigenvalue weighted by Crippen LogP contribution is 2.41. The van der Waals surface area contributed by atoms with Gasteiger partial charge in [-0.05, 0) is 69.5 Å². The molecule has 0 amide bonds. The van der Waals surface area contributed by atoms with Crippen LogP contribution < -0.4 is 0 Å². The van der Waals surface area contributed by atoms with E-state index >= 15 is 0 Å². The van der Waals surface area contributed by atoms with Crippen molar-refractivity contribution in [3.63, 3.8) is 0 Å². The molecule has 0 bridgehead atoms. The van der Waals surface area contributed by atoms with E-state index in [0.717, 1.165) is 25.8 Å². The van der Waals surface area contributed by atoms with Crippen molar-refractivity contribution in [2.75, 3.05) is 20.6 Å². The van der Waals surface area contributed by atoms with Crippen molar-refractivity contribution in [2.24, 2.45) is 5.92 Å². The van der Waals surface area contributed by atoms with Gasteiger partial charge in [-0.15, -0.1) is 0 Å². The third kappa shape index (κ3) is 4.92. The van der Waals surface area contributed by atoms with Crippen LogP contribution in [0.4, 0.5) is 0 Å². The van der Waals surface area contributed by atoms with Crippen molar-refractivity contribution >= 4 is 6.08 Å². The van der Waals surface area contributed by atoms with Gasteiger partial charge >= 0.3 is 0 Å². The van der Waals surface area contributed by atoms with Crippen molar-refractivity contribution in [2.45, 2.75) is 51.6 Å². The van der Waals surface area contributed by atoms with Crippen LogP contribution in [0, 0.1) is 19.8 Å². The van der Waals surface area contributed by atoms with E-state index in [0.29, 0.717) is 6.42 Å². The Morgan fingerprint density at radius 1 is 1.07 bits per heavy atom. The number of hydrogen-bond acceptors (Lipinski definition) is 2. The van der Waals surface area contributed by atoms with Crippen molar-refractivity contribution < 1.29 is 5.11 Å². The third-order valence-electron chi connectivity index (χ3n) is 6.17. The molecule has 0 aromatic heterocycles. The molecular weight excluding hydrogens is 342 g/mol. The molecule has 0 spiro atoms. The predicted octanol–water partition coefficient (Wildman–Crippen LogP) is 5.41. The minimum Gasteiger partial charge on any atom is -0.385 e. The SMILES string of the molecule is Cc1ccc(C)c(CC2(O)C(=Cc3ccccc3)CCCCC2CN(C)C)c1. The standard InChI is InChI=1S/C26H35NO/c1-20-14-15-21(2)23(16-20)18-26(28)24(17-22-10-6-5-7-11-22)12-8-9-13-25(26)19-27(3)4/h5-7,10-11,14-17,25,28H,8-9,12-13,18-19H2,1-4H3. The van der Waals surface area contributed by atoms with Gasteiger partial charge in [0.1, 0.15) is 0 Å². The molecule has 0 aliphatic heterocycles. The van der Waals surface area contributed by atoms with E-state index in [-0.39, 0.29) is 5.92 Å². The summed E-state index contributed by atoms with van der Waals surface area (Å²) in [7, 11) is 4.23. The van der Waals surface area contributed by atoms with Gasteiger partial charge in [0.15, 0.2) is 0 Å². The number of hydrogen-bond donors (Lipinski definition) is 1. The zero-order valence-corrected chi connectivity index (χ0v) is 17.9. The van der Waals surface area contributed by atoms with E-state index in [9.17, 15) is 5.11 Å². The molecule has 0 saturated heterocycles. The Kier molecular flexibility index (Phi) is 6.74. The van der Waals surface area contributed by atoms with Crippen LogP contribution in [-0.2, 0) is 6.42 Å². The molecular formula is C26H35NO. The lowest BCUT2D eigenvalue weighted by molar-refractivity contribution is 0.00505. The van der Waals surface area contributed by atoms with E-state index < -0.39 is 5.60 Å². The van der Waals surface area contributed by atoms with Gasteiger partial charge in [-0.3, -0.25) is 0 Å². The van der Waals surface area contributed by atoms with E-state index in [2.05, 4.69) is 81.4 Å². The first-order chi connectivity index (χ1) is 13.4. The van der Waals surface area contributed by atoms with Crippen LogP contribution in [0.5, 0.6) is 0 Å². The second-order valence-electron chi connectivity index (χ2n) is 8.82. The monoisotopic (exact) mass is 377 g/mol. The van der Waals surface area contributed by atoms with E-state index in [1.165, 1.54) is 34.2 Å². The lowest BCUT2D eigenvalue weighted by Gasteiger charge is -2.39. The largest absolute Gasteiger partial charge is 0.385 e. The summed E-state index contributed by atoms with van der Waals surface area (Å²) in [5, 5.41) is 12.3. The molecule has 3 rings (SSSR count). The molecule has 2 nitrogen and oxygen atoms in total. The molecule has 0 radical (unpaired) electrons. The first-order valence-corrected chi connectivity index (χ1v) is 10.6. The maximum atomic E-state index is 12.3. The molecule has 1 saturated carbocycles. The lowest BCUT2D eigenvalue weighted by Crippen LogP contribution is -2.46. The average molecular weight is 378 g/mol.